The standard InChI is InChI=1S/C16H22N2O4/c1-4-10(2)18-13-6-5-12(7-11(13)8-15(18)20)17-9-14(19)16(21)22-3/h5-7,10,14,17,19H,4,8-9H2,1-3H3. The quantitative estimate of drug-likeness (QED) is 0.775. The fourth-order valence-corrected chi connectivity index (χ4v) is 2.55. The van der Waals surface area contributed by atoms with Gasteiger partial charge in [-0.1, -0.05) is 6.92 Å². The summed E-state index contributed by atoms with van der Waals surface area (Å²) in [4.78, 5) is 25.1. The van der Waals surface area contributed by atoms with Gasteiger partial charge in [-0.3, -0.25) is 4.79 Å². The molecule has 0 radical (unpaired) electrons. The summed E-state index contributed by atoms with van der Waals surface area (Å²) >= 11 is 0. The van der Waals surface area contributed by atoms with E-state index in [2.05, 4.69) is 17.0 Å². The number of amides is 1. The molecule has 2 unspecified atom stereocenters. The molecule has 0 aromatic heterocycles. The number of rotatable bonds is 6. The number of hydrogen-bond acceptors (Lipinski definition) is 5. The average molecular weight is 306 g/mol. The summed E-state index contributed by atoms with van der Waals surface area (Å²) in [7, 11) is 1.23. The zero-order valence-corrected chi connectivity index (χ0v) is 13.1. The zero-order valence-electron chi connectivity index (χ0n) is 13.1. The van der Waals surface area contributed by atoms with Gasteiger partial charge in [0.1, 0.15) is 0 Å². The van der Waals surface area contributed by atoms with Crippen LogP contribution in [0.1, 0.15) is 25.8 Å². The largest absolute Gasteiger partial charge is 0.467 e. The molecular formula is C16H22N2O4. The highest BCUT2D eigenvalue weighted by molar-refractivity contribution is 6.02. The number of methoxy groups -OCH3 is 1. The van der Waals surface area contributed by atoms with Gasteiger partial charge >= 0.3 is 5.97 Å². The Labute approximate surface area is 130 Å². The van der Waals surface area contributed by atoms with E-state index in [0.29, 0.717) is 6.42 Å². The molecule has 0 aliphatic carbocycles. The Hall–Kier alpha value is -2.08. The normalized spacial score (nSPS) is 16.2. The summed E-state index contributed by atoms with van der Waals surface area (Å²) in [5.41, 5.74) is 2.67. The lowest BCUT2D eigenvalue weighted by molar-refractivity contribution is -0.149. The van der Waals surface area contributed by atoms with Crippen molar-refractivity contribution in [3.8, 4) is 0 Å². The van der Waals surface area contributed by atoms with E-state index in [-0.39, 0.29) is 18.5 Å². The van der Waals surface area contributed by atoms with Gasteiger partial charge in [-0.2, -0.15) is 0 Å². The summed E-state index contributed by atoms with van der Waals surface area (Å²) < 4.78 is 4.46. The lowest BCUT2D eigenvalue weighted by atomic mass is 10.1. The summed E-state index contributed by atoms with van der Waals surface area (Å²) in [6, 6.07) is 5.81. The van der Waals surface area contributed by atoms with E-state index in [1.807, 2.05) is 30.0 Å². The van der Waals surface area contributed by atoms with Crippen LogP contribution in [-0.4, -0.2) is 42.8 Å². The number of ether oxygens (including phenoxy) is 1. The molecule has 0 fully saturated rings. The molecule has 22 heavy (non-hydrogen) atoms. The van der Waals surface area contributed by atoms with E-state index in [4.69, 9.17) is 0 Å². The molecule has 1 aliphatic rings. The molecule has 2 rings (SSSR count). The van der Waals surface area contributed by atoms with Crippen LogP contribution in [0, 0.1) is 0 Å². The maximum Gasteiger partial charge on any atom is 0.336 e. The van der Waals surface area contributed by atoms with Crippen molar-refractivity contribution in [2.45, 2.75) is 38.8 Å². The predicted octanol–water partition coefficient (Wildman–Crippen LogP) is 1.32. The van der Waals surface area contributed by atoms with E-state index in [1.165, 1.54) is 7.11 Å². The third-order valence-corrected chi connectivity index (χ3v) is 3.95. The number of carbonyl (C=O) groups is 2. The number of hydrogen-bond donors (Lipinski definition) is 2. The molecule has 1 aliphatic heterocycles. The molecule has 0 saturated heterocycles. The molecule has 0 spiro atoms. The summed E-state index contributed by atoms with van der Waals surface area (Å²) in [5, 5.41) is 12.5. The lowest BCUT2D eigenvalue weighted by Crippen LogP contribution is -2.35. The molecule has 120 valence electrons. The van der Waals surface area contributed by atoms with Gasteiger partial charge in [-0.05, 0) is 37.1 Å². The minimum atomic E-state index is -1.21. The van der Waals surface area contributed by atoms with Gasteiger partial charge in [0.05, 0.1) is 20.1 Å². The SMILES string of the molecule is CCC(C)N1C(=O)Cc2cc(NCC(O)C(=O)OC)ccc21. The maximum absolute atomic E-state index is 12.1. The van der Waals surface area contributed by atoms with Gasteiger partial charge in [0.15, 0.2) is 6.10 Å². The molecule has 0 saturated carbocycles. The third kappa shape index (κ3) is 3.22. The van der Waals surface area contributed by atoms with Crippen LogP contribution in [0.4, 0.5) is 11.4 Å². The van der Waals surface area contributed by atoms with Gasteiger partial charge in [0, 0.05) is 17.4 Å². The average Bonchev–Trinajstić information content (AvgIpc) is 2.85. The minimum Gasteiger partial charge on any atom is -0.467 e. The maximum atomic E-state index is 12.1. The number of fused-ring (bicyclic) bond motifs is 1. The molecule has 0 bridgehead atoms. The van der Waals surface area contributed by atoms with Gasteiger partial charge in [-0.25, -0.2) is 4.79 Å². The number of esters is 1. The van der Waals surface area contributed by atoms with Crippen molar-refractivity contribution in [1.29, 1.82) is 0 Å². The first-order valence-electron chi connectivity index (χ1n) is 7.42. The van der Waals surface area contributed by atoms with Gasteiger partial charge in [0.25, 0.3) is 0 Å². The van der Waals surface area contributed by atoms with Crippen molar-refractivity contribution in [3.05, 3.63) is 23.8 Å². The zero-order chi connectivity index (χ0) is 16.3. The topological polar surface area (TPSA) is 78.9 Å². The van der Waals surface area contributed by atoms with Crippen molar-refractivity contribution in [2.75, 3.05) is 23.9 Å². The van der Waals surface area contributed by atoms with Crippen molar-refractivity contribution >= 4 is 23.3 Å². The number of nitrogens with zero attached hydrogens (tertiary/aromatic N) is 1. The van der Waals surface area contributed by atoms with Crippen molar-refractivity contribution in [1.82, 2.24) is 0 Å². The molecule has 2 N–H and O–H groups in total. The molecule has 1 amide bonds. The molecule has 6 heteroatoms. The Morgan fingerprint density at radius 2 is 2.23 bits per heavy atom. The van der Waals surface area contributed by atoms with Crippen LogP contribution in [0.25, 0.3) is 0 Å². The molecule has 1 aromatic rings. The number of benzene rings is 1. The Morgan fingerprint density at radius 1 is 1.50 bits per heavy atom. The number of aliphatic hydroxyl groups is 1. The highest BCUT2D eigenvalue weighted by atomic mass is 16.5. The first kappa shape index (κ1) is 16.3. The van der Waals surface area contributed by atoms with E-state index in [0.717, 1.165) is 23.4 Å². The summed E-state index contributed by atoms with van der Waals surface area (Å²) in [6.07, 6.45) is 0.0714. The highest BCUT2D eigenvalue weighted by Gasteiger charge is 2.30. The van der Waals surface area contributed by atoms with Crippen molar-refractivity contribution in [2.24, 2.45) is 0 Å². The number of aliphatic hydroxyl groups excluding tert-OH is 1. The van der Waals surface area contributed by atoms with Crippen LogP contribution in [0.3, 0.4) is 0 Å². The van der Waals surface area contributed by atoms with E-state index in [9.17, 15) is 14.7 Å². The van der Waals surface area contributed by atoms with Crippen LogP contribution in [0.15, 0.2) is 18.2 Å². The minimum absolute atomic E-state index is 0.0640. The van der Waals surface area contributed by atoms with Crippen LogP contribution in [0.2, 0.25) is 0 Å². The lowest BCUT2D eigenvalue weighted by Gasteiger charge is -2.24. The van der Waals surface area contributed by atoms with Crippen LogP contribution >= 0.6 is 0 Å². The number of anilines is 2. The van der Waals surface area contributed by atoms with Crippen molar-refractivity contribution in [3.63, 3.8) is 0 Å². The smallest absolute Gasteiger partial charge is 0.336 e. The second kappa shape index (κ2) is 6.79. The van der Waals surface area contributed by atoms with Crippen LogP contribution in [0.5, 0.6) is 0 Å². The summed E-state index contributed by atoms with van der Waals surface area (Å²) in [5.74, 6) is -0.567. The molecule has 1 heterocycles. The molecular weight excluding hydrogens is 284 g/mol. The van der Waals surface area contributed by atoms with Gasteiger partial charge < -0.3 is 20.1 Å². The second-order valence-corrected chi connectivity index (χ2v) is 5.46. The van der Waals surface area contributed by atoms with Crippen LogP contribution in [-0.2, 0) is 20.7 Å². The fraction of sp³-hybridized carbons (Fsp3) is 0.500. The Bertz CT molecular complexity index is 573. The first-order valence-corrected chi connectivity index (χ1v) is 7.42. The highest BCUT2D eigenvalue weighted by Crippen LogP contribution is 2.33. The fourth-order valence-electron chi connectivity index (χ4n) is 2.55. The van der Waals surface area contributed by atoms with E-state index < -0.39 is 12.1 Å². The molecule has 1 aromatic carbocycles. The Morgan fingerprint density at radius 3 is 2.86 bits per heavy atom. The summed E-state index contributed by atoms with van der Waals surface area (Å²) in [6.45, 7) is 4.15. The van der Waals surface area contributed by atoms with Crippen LogP contribution < -0.4 is 10.2 Å². The van der Waals surface area contributed by atoms with E-state index in [1.54, 1.807) is 0 Å². The molecule has 2 atom stereocenters. The Balaban J connectivity index is 2.09. The van der Waals surface area contributed by atoms with Crippen molar-refractivity contribution < 1.29 is 19.4 Å². The first-order chi connectivity index (χ1) is 10.5. The Kier molecular flexibility index (Phi) is 5.03. The third-order valence-electron chi connectivity index (χ3n) is 3.95. The second-order valence-electron chi connectivity index (χ2n) is 5.46. The van der Waals surface area contributed by atoms with E-state index >= 15 is 0 Å². The van der Waals surface area contributed by atoms with Gasteiger partial charge in [0.2, 0.25) is 5.91 Å². The van der Waals surface area contributed by atoms with Gasteiger partial charge in [-0.15, -0.1) is 0 Å². The molecule has 6 nitrogen and oxygen atoms in total. The predicted molar refractivity (Wildman–Crippen MR) is 83.9 cm³/mol. The number of nitrogens with one attached hydrogen (secondary N) is 1. The monoisotopic (exact) mass is 306 g/mol. The number of carbonyl (C=O) groups excluding carboxylic acids is 2.